The summed E-state index contributed by atoms with van der Waals surface area (Å²) in [6, 6.07) is 8.70. The summed E-state index contributed by atoms with van der Waals surface area (Å²) in [5, 5.41) is 9.35. The van der Waals surface area contributed by atoms with Gasteiger partial charge in [0.15, 0.2) is 0 Å². The van der Waals surface area contributed by atoms with Gasteiger partial charge in [0.2, 0.25) is 0 Å². The highest BCUT2D eigenvalue weighted by Gasteiger charge is 2.21. The Balaban J connectivity index is 2.31. The van der Waals surface area contributed by atoms with Crippen molar-refractivity contribution in [3.63, 3.8) is 0 Å². The van der Waals surface area contributed by atoms with Gasteiger partial charge in [-0.25, -0.2) is 0 Å². The Morgan fingerprint density at radius 1 is 1.22 bits per heavy atom. The largest absolute Gasteiger partial charge is 0.192 e. The van der Waals surface area contributed by atoms with Crippen LogP contribution in [0.5, 0.6) is 0 Å². The highest BCUT2D eigenvalue weighted by Crippen LogP contribution is 2.36. The SMILES string of the molecule is CCCCc1cccc(C#N)c1C1CCCCC1. The Morgan fingerprint density at radius 2 is 2.00 bits per heavy atom. The van der Waals surface area contributed by atoms with Crippen molar-refractivity contribution < 1.29 is 0 Å². The Hall–Kier alpha value is -1.29. The van der Waals surface area contributed by atoms with Crippen molar-refractivity contribution in [3.8, 4) is 6.07 Å². The van der Waals surface area contributed by atoms with E-state index in [0.717, 1.165) is 12.0 Å². The molecule has 1 nitrogen and oxygen atoms in total. The van der Waals surface area contributed by atoms with Crippen LogP contribution in [0.1, 0.15) is 74.5 Å². The zero-order chi connectivity index (χ0) is 12.8. The molecule has 0 aliphatic heterocycles. The number of hydrogen-bond donors (Lipinski definition) is 0. The molecule has 1 heteroatoms. The van der Waals surface area contributed by atoms with Crippen molar-refractivity contribution in [2.24, 2.45) is 0 Å². The number of nitrogens with zero attached hydrogens (tertiary/aromatic N) is 1. The van der Waals surface area contributed by atoms with E-state index in [2.05, 4.69) is 25.1 Å². The van der Waals surface area contributed by atoms with Crippen molar-refractivity contribution in [3.05, 3.63) is 34.9 Å². The van der Waals surface area contributed by atoms with E-state index < -0.39 is 0 Å². The molecule has 0 saturated heterocycles. The fourth-order valence-corrected chi connectivity index (χ4v) is 3.17. The maximum absolute atomic E-state index is 9.35. The van der Waals surface area contributed by atoms with E-state index in [4.69, 9.17) is 0 Å². The molecule has 0 N–H and O–H groups in total. The maximum Gasteiger partial charge on any atom is 0.0994 e. The van der Waals surface area contributed by atoms with Gasteiger partial charge in [-0.3, -0.25) is 0 Å². The number of rotatable bonds is 4. The third-order valence-electron chi connectivity index (χ3n) is 4.13. The predicted molar refractivity (Wildman–Crippen MR) is 75.6 cm³/mol. The summed E-state index contributed by atoms with van der Waals surface area (Å²) < 4.78 is 0. The van der Waals surface area contributed by atoms with Crippen LogP contribution in [-0.2, 0) is 6.42 Å². The van der Waals surface area contributed by atoms with Crippen molar-refractivity contribution in [2.75, 3.05) is 0 Å². The quantitative estimate of drug-likeness (QED) is 0.731. The molecule has 1 aromatic rings. The van der Waals surface area contributed by atoms with E-state index in [9.17, 15) is 5.26 Å². The fourth-order valence-electron chi connectivity index (χ4n) is 3.17. The predicted octanol–water partition coefficient (Wildman–Crippen LogP) is 4.95. The lowest BCUT2D eigenvalue weighted by molar-refractivity contribution is 0.440. The van der Waals surface area contributed by atoms with Crippen LogP contribution in [0.3, 0.4) is 0 Å². The molecule has 0 bridgehead atoms. The lowest BCUT2D eigenvalue weighted by Gasteiger charge is -2.25. The normalized spacial score (nSPS) is 16.4. The number of hydrogen-bond acceptors (Lipinski definition) is 1. The van der Waals surface area contributed by atoms with E-state index in [0.29, 0.717) is 5.92 Å². The molecule has 0 spiro atoms. The van der Waals surface area contributed by atoms with Crippen LogP contribution in [0.25, 0.3) is 0 Å². The van der Waals surface area contributed by atoms with Crippen molar-refractivity contribution in [1.82, 2.24) is 0 Å². The molecular weight excluding hydrogens is 218 g/mol. The van der Waals surface area contributed by atoms with Crippen LogP contribution in [0.2, 0.25) is 0 Å². The summed E-state index contributed by atoms with van der Waals surface area (Å²) in [5.41, 5.74) is 3.74. The van der Waals surface area contributed by atoms with Crippen molar-refractivity contribution >= 4 is 0 Å². The second kappa shape index (κ2) is 6.59. The van der Waals surface area contributed by atoms with Gasteiger partial charge in [-0.15, -0.1) is 0 Å². The van der Waals surface area contributed by atoms with Crippen LogP contribution >= 0.6 is 0 Å². The second-order valence-electron chi connectivity index (χ2n) is 5.43. The monoisotopic (exact) mass is 241 g/mol. The lowest BCUT2D eigenvalue weighted by atomic mass is 9.79. The molecule has 1 aliphatic carbocycles. The third kappa shape index (κ3) is 2.93. The van der Waals surface area contributed by atoms with E-state index >= 15 is 0 Å². The molecule has 1 fully saturated rings. The fraction of sp³-hybridized carbons (Fsp3) is 0.588. The molecule has 0 heterocycles. The summed E-state index contributed by atoms with van der Waals surface area (Å²) in [7, 11) is 0. The summed E-state index contributed by atoms with van der Waals surface area (Å²) in [5.74, 6) is 0.640. The molecule has 2 rings (SSSR count). The number of nitriles is 1. The lowest BCUT2D eigenvalue weighted by Crippen LogP contribution is -2.09. The van der Waals surface area contributed by atoms with Gasteiger partial charge in [-0.05, 0) is 48.8 Å². The first-order valence-electron chi connectivity index (χ1n) is 7.38. The third-order valence-corrected chi connectivity index (χ3v) is 4.13. The average molecular weight is 241 g/mol. The molecule has 96 valence electrons. The summed E-state index contributed by atoms with van der Waals surface area (Å²) in [4.78, 5) is 0. The Labute approximate surface area is 111 Å². The van der Waals surface area contributed by atoms with Gasteiger partial charge < -0.3 is 0 Å². The molecule has 1 aromatic carbocycles. The number of unbranched alkanes of at least 4 members (excludes halogenated alkanes) is 1. The van der Waals surface area contributed by atoms with Crippen molar-refractivity contribution in [2.45, 2.75) is 64.2 Å². The minimum Gasteiger partial charge on any atom is -0.192 e. The van der Waals surface area contributed by atoms with E-state index in [-0.39, 0.29) is 0 Å². The highest BCUT2D eigenvalue weighted by molar-refractivity contribution is 5.45. The molecule has 0 amide bonds. The highest BCUT2D eigenvalue weighted by atomic mass is 14.3. The van der Waals surface area contributed by atoms with Crippen LogP contribution in [0.4, 0.5) is 0 Å². The van der Waals surface area contributed by atoms with Crippen LogP contribution in [-0.4, -0.2) is 0 Å². The standard InChI is InChI=1S/C17H23N/c1-2-3-8-14-11-7-12-16(13-18)17(14)15-9-5-4-6-10-15/h7,11-12,15H,2-6,8-10H2,1H3. The minimum absolute atomic E-state index is 0.640. The smallest absolute Gasteiger partial charge is 0.0994 e. The molecule has 0 unspecified atom stereocenters. The molecular formula is C17H23N. The van der Waals surface area contributed by atoms with Gasteiger partial charge in [0, 0.05) is 0 Å². The van der Waals surface area contributed by atoms with Crippen molar-refractivity contribution in [1.29, 1.82) is 5.26 Å². The van der Waals surface area contributed by atoms with E-state index in [1.165, 1.54) is 56.1 Å². The van der Waals surface area contributed by atoms with Crippen LogP contribution in [0.15, 0.2) is 18.2 Å². The van der Waals surface area contributed by atoms with Crippen LogP contribution in [0, 0.1) is 11.3 Å². The average Bonchev–Trinajstić information content (AvgIpc) is 2.45. The molecule has 1 aliphatic rings. The summed E-state index contributed by atoms with van der Waals surface area (Å²) in [6.45, 7) is 2.23. The molecule has 0 aromatic heterocycles. The first-order chi connectivity index (χ1) is 8.86. The van der Waals surface area contributed by atoms with Gasteiger partial charge in [0.25, 0.3) is 0 Å². The molecule has 1 saturated carbocycles. The summed E-state index contributed by atoms with van der Waals surface area (Å²) >= 11 is 0. The Morgan fingerprint density at radius 3 is 2.67 bits per heavy atom. The zero-order valence-electron chi connectivity index (χ0n) is 11.4. The molecule has 0 atom stereocenters. The van der Waals surface area contributed by atoms with Gasteiger partial charge in [0.05, 0.1) is 11.6 Å². The summed E-state index contributed by atoms with van der Waals surface area (Å²) in [6.07, 6.45) is 10.2. The first kappa shape index (κ1) is 13.1. The zero-order valence-corrected chi connectivity index (χ0v) is 11.4. The van der Waals surface area contributed by atoms with Crippen LogP contribution < -0.4 is 0 Å². The van der Waals surface area contributed by atoms with E-state index in [1.807, 2.05) is 6.07 Å². The Kier molecular flexibility index (Phi) is 4.81. The van der Waals surface area contributed by atoms with Gasteiger partial charge in [-0.1, -0.05) is 44.7 Å². The first-order valence-corrected chi connectivity index (χ1v) is 7.38. The number of aryl methyl sites for hydroxylation is 1. The van der Waals surface area contributed by atoms with Gasteiger partial charge >= 0.3 is 0 Å². The minimum atomic E-state index is 0.640. The van der Waals surface area contributed by atoms with Gasteiger partial charge in [0.1, 0.15) is 0 Å². The number of benzene rings is 1. The molecule has 18 heavy (non-hydrogen) atoms. The molecule has 0 radical (unpaired) electrons. The maximum atomic E-state index is 9.35. The van der Waals surface area contributed by atoms with E-state index in [1.54, 1.807) is 0 Å². The second-order valence-corrected chi connectivity index (χ2v) is 5.43. The topological polar surface area (TPSA) is 23.8 Å². The van der Waals surface area contributed by atoms with Gasteiger partial charge in [-0.2, -0.15) is 5.26 Å². The Bertz CT molecular complexity index is 422.